The fraction of sp³-hybridized carbons (Fsp3) is 0.611. The molecule has 1 aliphatic rings. The molecule has 0 aliphatic carbocycles. The van der Waals surface area contributed by atoms with Crippen LogP contribution in [0.1, 0.15) is 29.7 Å². The summed E-state index contributed by atoms with van der Waals surface area (Å²) in [5.74, 6) is 1.35. The van der Waals surface area contributed by atoms with Gasteiger partial charge in [-0.2, -0.15) is 0 Å². The molecule has 8 heteroatoms. The van der Waals surface area contributed by atoms with Crippen molar-refractivity contribution < 1.29 is 4.79 Å². The van der Waals surface area contributed by atoms with Crippen LogP contribution >= 0.6 is 23.7 Å². The molecule has 2 N–H and O–H groups in total. The number of piperidine rings is 1. The lowest BCUT2D eigenvalue weighted by Gasteiger charge is -2.32. The first-order valence-electron chi connectivity index (χ1n) is 8.99. The minimum absolute atomic E-state index is 0. The minimum Gasteiger partial charge on any atom is -0.356 e. The van der Waals surface area contributed by atoms with Crippen molar-refractivity contribution in [2.45, 2.75) is 33.1 Å². The first kappa shape index (κ1) is 20.9. The van der Waals surface area contributed by atoms with E-state index in [9.17, 15) is 4.79 Å². The van der Waals surface area contributed by atoms with Crippen LogP contribution in [-0.2, 0) is 4.79 Å². The van der Waals surface area contributed by atoms with Crippen molar-refractivity contribution >= 4 is 45.7 Å². The highest BCUT2D eigenvalue weighted by Gasteiger charge is 2.27. The minimum atomic E-state index is 0. The number of halogens is 1. The lowest BCUT2D eigenvalue weighted by molar-refractivity contribution is -0.125. The molecule has 0 spiro atoms. The van der Waals surface area contributed by atoms with Gasteiger partial charge in [-0.15, -0.1) is 23.7 Å². The molecule has 0 radical (unpaired) electrons. The summed E-state index contributed by atoms with van der Waals surface area (Å²) in [5, 5.41) is 7.34. The fourth-order valence-electron chi connectivity index (χ4n) is 3.38. The van der Waals surface area contributed by atoms with Crippen LogP contribution in [0, 0.1) is 19.8 Å². The molecule has 0 atom stereocenters. The van der Waals surface area contributed by atoms with Gasteiger partial charge in [0.25, 0.3) is 0 Å². The third-order valence-corrected chi connectivity index (χ3v) is 6.13. The van der Waals surface area contributed by atoms with Crippen LogP contribution < -0.4 is 15.5 Å². The van der Waals surface area contributed by atoms with Gasteiger partial charge in [-0.3, -0.25) is 4.79 Å². The van der Waals surface area contributed by atoms with Crippen LogP contribution in [-0.4, -0.2) is 49.1 Å². The van der Waals surface area contributed by atoms with E-state index in [0.717, 1.165) is 56.1 Å². The van der Waals surface area contributed by atoms with Crippen LogP contribution in [0.5, 0.6) is 0 Å². The second-order valence-corrected chi connectivity index (χ2v) is 7.87. The zero-order valence-corrected chi connectivity index (χ0v) is 17.3. The van der Waals surface area contributed by atoms with E-state index in [4.69, 9.17) is 0 Å². The Bertz CT molecular complexity index is 743. The molecule has 1 fully saturated rings. The summed E-state index contributed by atoms with van der Waals surface area (Å²) in [6.07, 6.45) is 4.39. The Kier molecular flexibility index (Phi) is 7.61. The first-order valence-corrected chi connectivity index (χ1v) is 9.81. The number of amides is 1. The molecule has 1 saturated heterocycles. The molecule has 1 amide bonds. The van der Waals surface area contributed by atoms with Gasteiger partial charge in [0.2, 0.25) is 5.91 Å². The number of hydrogen-bond acceptors (Lipinski definition) is 6. The predicted molar refractivity (Wildman–Crippen MR) is 111 cm³/mol. The number of rotatable bonds is 6. The van der Waals surface area contributed by atoms with Gasteiger partial charge in [0.05, 0.1) is 5.39 Å². The van der Waals surface area contributed by atoms with Crippen molar-refractivity contribution in [3.05, 3.63) is 16.8 Å². The van der Waals surface area contributed by atoms with Crippen molar-refractivity contribution in [1.82, 2.24) is 20.6 Å². The quantitative estimate of drug-likeness (QED) is 0.733. The van der Waals surface area contributed by atoms with Gasteiger partial charge in [0, 0.05) is 30.4 Å². The number of anilines is 1. The predicted octanol–water partition coefficient (Wildman–Crippen LogP) is 2.67. The van der Waals surface area contributed by atoms with Gasteiger partial charge in [0.1, 0.15) is 17.0 Å². The van der Waals surface area contributed by atoms with E-state index in [1.54, 1.807) is 17.7 Å². The summed E-state index contributed by atoms with van der Waals surface area (Å²) in [5.41, 5.74) is 1.28. The lowest BCUT2D eigenvalue weighted by Crippen LogP contribution is -2.41. The molecule has 0 aromatic carbocycles. The molecule has 2 aromatic rings. The molecular weight excluding hydrogens is 370 g/mol. The van der Waals surface area contributed by atoms with Gasteiger partial charge < -0.3 is 15.5 Å². The summed E-state index contributed by atoms with van der Waals surface area (Å²) >= 11 is 1.73. The third kappa shape index (κ3) is 4.45. The summed E-state index contributed by atoms with van der Waals surface area (Å²) in [7, 11) is 1.93. The summed E-state index contributed by atoms with van der Waals surface area (Å²) in [6.45, 7) is 7.70. The summed E-state index contributed by atoms with van der Waals surface area (Å²) in [4.78, 5) is 26.0. The number of carbonyl (C=O) groups excluding carboxylic acids is 1. The third-order valence-electron chi connectivity index (χ3n) is 5.01. The van der Waals surface area contributed by atoms with Crippen molar-refractivity contribution in [1.29, 1.82) is 0 Å². The number of aromatic nitrogens is 2. The van der Waals surface area contributed by atoms with Gasteiger partial charge in [-0.1, -0.05) is 0 Å². The Balaban J connectivity index is 0.00000243. The molecule has 0 unspecified atom stereocenters. The highest BCUT2D eigenvalue weighted by molar-refractivity contribution is 7.18. The highest BCUT2D eigenvalue weighted by Crippen LogP contribution is 2.35. The van der Waals surface area contributed by atoms with Crippen molar-refractivity contribution in [3.63, 3.8) is 0 Å². The Morgan fingerprint density at radius 3 is 2.69 bits per heavy atom. The lowest BCUT2D eigenvalue weighted by atomic mass is 9.95. The molecule has 1 aliphatic heterocycles. The van der Waals surface area contributed by atoms with Crippen LogP contribution in [0.3, 0.4) is 0 Å². The second kappa shape index (κ2) is 9.48. The number of fused-ring (bicyclic) bond motifs is 1. The van der Waals surface area contributed by atoms with E-state index < -0.39 is 0 Å². The van der Waals surface area contributed by atoms with Crippen molar-refractivity contribution in [2.75, 3.05) is 38.1 Å². The number of thiophene rings is 1. The number of nitrogens with one attached hydrogen (secondary N) is 2. The zero-order chi connectivity index (χ0) is 17.8. The smallest absolute Gasteiger partial charge is 0.223 e. The molecular formula is C18H28ClN5OS. The number of aryl methyl sites for hydroxylation is 2. The Morgan fingerprint density at radius 2 is 2.00 bits per heavy atom. The summed E-state index contributed by atoms with van der Waals surface area (Å²) < 4.78 is 0. The molecule has 2 aromatic heterocycles. The van der Waals surface area contributed by atoms with E-state index >= 15 is 0 Å². The maximum Gasteiger partial charge on any atom is 0.223 e. The normalized spacial score (nSPS) is 15.1. The van der Waals surface area contributed by atoms with Crippen LogP contribution in [0.15, 0.2) is 6.33 Å². The van der Waals surface area contributed by atoms with E-state index in [0.29, 0.717) is 0 Å². The molecule has 0 saturated carbocycles. The topological polar surface area (TPSA) is 70.2 Å². The molecule has 26 heavy (non-hydrogen) atoms. The van der Waals surface area contributed by atoms with Gasteiger partial charge in [-0.05, 0) is 52.3 Å². The van der Waals surface area contributed by atoms with Crippen LogP contribution in [0.4, 0.5) is 5.82 Å². The molecule has 144 valence electrons. The van der Waals surface area contributed by atoms with Gasteiger partial charge >= 0.3 is 0 Å². The summed E-state index contributed by atoms with van der Waals surface area (Å²) in [6, 6.07) is 0. The molecule has 0 bridgehead atoms. The van der Waals surface area contributed by atoms with Crippen molar-refractivity contribution in [2.24, 2.45) is 5.92 Å². The Labute approximate surface area is 165 Å². The molecule has 6 nitrogen and oxygen atoms in total. The average molecular weight is 398 g/mol. The van der Waals surface area contributed by atoms with E-state index in [-0.39, 0.29) is 24.2 Å². The molecule has 3 rings (SSSR count). The largest absolute Gasteiger partial charge is 0.356 e. The fourth-order valence-corrected chi connectivity index (χ4v) is 4.37. The van der Waals surface area contributed by atoms with E-state index in [1.807, 2.05) is 7.05 Å². The zero-order valence-electron chi connectivity index (χ0n) is 15.7. The second-order valence-electron chi connectivity index (χ2n) is 6.67. The van der Waals surface area contributed by atoms with E-state index in [2.05, 4.69) is 39.3 Å². The Morgan fingerprint density at radius 1 is 1.27 bits per heavy atom. The number of hydrogen-bond donors (Lipinski definition) is 2. The first-order chi connectivity index (χ1) is 12.1. The van der Waals surface area contributed by atoms with Crippen molar-refractivity contribution in [3.8, 4) is 0 Å². The average Bonchev–Trinajstić information content (AvgIpc) is 2.93. The molecule has 3 heterocycles. The maximum absolute atomic E-state index is 12.3. The maximum atomic E-state index is 12.3. The van der Waals surface area contributed by atoms with E-state index in [1.165, 1.54) is 15.8 Å². The van der Waals surface area contributed by atoms with Gasteiger partial charge in [0.15, 0.2) is 0 Å². The number of nitrogens with zero attached hydrogens (tertiary/aromatic N) is 3. The van der Waals surface area contributed by atoms with Crippen LogP contribution in [0.25, 0.3) is 10.2 Å². The monoisotopic (exact) mass is 397 g/mol. The van der Waals surface area contributed by atoms with Gasteiger partial charge in [-0.25, -0.2) is 9.97 Å². The standard InChI is InChI=1S/C18H27N5OS.ClH/c1-12-13(2)25-18-15(12)16(21-11-22-18)23-9-5-14(6-10-23)17(24)20-8-4-7-19-3;/h11,14,19H,4-10H2,1-3H3,(H,20,24);1H. The Hall–Kier alpha value is -1.44. The SMILES string of the molecule is CNCCCNC(=O)C1CCN(c2ncnc3sc(C)c(C)c23)CC1.Cl. The van der Waals surface area contributed by atoms with Crippen LogP contribution in [0.2, 0.25) is 0 Å². The number of carbonyl (C=O) groups is 1. The highest BCUT2D eigenvalue weighted by atomic mass is 35.5.